The quantitative estimate of drug-likeness (QED) is 0.444. The van der Waals surface area contributed by atoms with Crippen molar-refractivity contribution >= 4 is 19.7 Å². The molecule has 2 nitrogen and oxygen atoms in total. The lowest BCUT2D eigenvalue weighted by molar-refractivity contribution is 0.610. The lowest BCUT2D eigenvalue weighted by Gasteiger charge is -2.03. The largest absolute Gasteiger partial charge is 0.229 e. The maximum absolute atomic E-state index is 11.8. The molecule has 0 saturated carbocycles. The Balaban J connectivity index is 2.63. The van der Waals surface area contributed by atoms with Crippen molar-refractivity contribution in [1.29, 1.82) is 0 Å². The Morgan fingerprint density at radius 2 is 1.94 bits per heavy atom. The van der Waals surface area contributed by atoms with Gasteiger partial charge in [0, 0.05) is 5.75 Å². The summed E-state index contributed by atoms with van der Waals surface area (Å²) < 4.78 is 23.7. The van der Waals surface area contributed by atoms with Crippen LogP contribution in [0, 0.1) is 6.92 Å². The predicted octanol–water partition coefficient (Wildman–Crippen LogP) is 3.38. The van der Waals surface area contributed by atoms with Crippen LogP contribution in [0.4, 0.5) is 0 Å². The summed E-state index contributed by atoms with van der Waals surface area (Å²) in [6, 6.07) is 6.95. The van der Waals surface area contributed by atoms with Crippen molar-refractivity contribution in [3.63, 3.8) is 0 Å². The maximum Gasteiger partial charge on any atom is 0.229 e. The van der Waals surface area contributed by atoms with Crippen LogP contribution in [0.25, 0.3) is 0 Å². The van der Waals surface area contributed by atoms with E-state index in [-0.39, 0.29) is 0 Å². The van der Waals surface area contributed by atoms with E-state index >= 15 is 0 Å². The molecule has 1 aromatic rings. The van der Waals surface area contributed by atoms with Gasteiger partial charge in [-0.15, -0.1) is 6.58 Å². The molecule has 1 rings (SSSR count). The number of aryl methyl sites for hydroxylation is 1. The van der Waals surface area contributed by atoms with Gasteiger partial charge in [0.25, 0.3) is 0 Å². The average molecular weight is 256 g/mol. The third kappa shape index (κ3) is 4.02. The minimum atomic E-state index is -3.18. The number of rotatable bonds is 6. The van der Waals surface area contributed by atoms with Gasteiger partial charge in [-0.25, -0.2) is 8.42 Å². The zero-order chi connectivity index (χ0) is 12.0. The topological polar surface area (TPSA) is 34.1 Å². The van der Waals surface area contributed by atoms with Crippen LogP contribution in [0.2, 0.25) is 0 Å². The molecule has 1 aromatic carbocycles. The first-order valence-corrected chi connectivity index (χ1v) is 8.12. The van der Waals surface area contributed by atoms with Crippen molar-refractivity contribution in [2.24, 2.45) is 0 Å². The molecule has 0 heterocycles. The van der Waals surface area contributed by atoms with Crippen molar-refractivity contribution in [2.75, 3.05) is 5.75 Å². The van der Waals surface area contributed by atoms with Crippen molar-refractivity contribution in [2.45, 2.75) is 24.7 Å². The van der Waals surface area contributed by atoms with Gasteiger partial charge >= 0.3 is 0 Å². The second-order valence-corrected chi connectivity index (χ2v) is 7.57. The molecule has 0 aliphatic rings. The van der Waals surface area contributed by atoms with Gasteiger partial charge in [0.15, 0.2) is 0 Å². The highest BCUT2D eigenvalue weighted by atomic mass is 33.1. The minimum absolute atomic E-state index is 0.390. The molecule has 0 radical (unpaired) electrons. The molecule has 4 heteroatoms. The summed E-state index contributed by atoms with van der Waals surface area (Å²) in [5, 5.41) is 0. The molecule has 0 saturated heterocycles. The van der Waals surface area contributed by atoms with Gasteiger partial charge in [0.05, 0.1) is 4.90 Å². The Morgan fingerprint density at radius 1 is 1.31 bits per heavy atom. The van der Waals surface area contributed by atoms with Crippen LogP contribution in [0.1, 0.15) is 18.4 Å². The molecule has 0 aliphatic carbocycles. The molecule has 0 aliphatic heterocycles. The van der Waals surface area contributed by atoms with Gasteiger partial charge in [-0.2, -0.15) is 0 Å². The molecule has 0 N–H and O–H groups in total. The molecular formula is C12H16O2S2. The van der Waals surface area contributed by atoms with Crippen LogP contribution in [0.15, 0.2) is 41.8 Å². The van der Waals surface area contributed by atoms with Gasteiger partial charge in [0.1, 0.15) is 0 Å². The minimum Gasteiger partial charge on any atom is -0.212 e. The van der Waals surface area contributed by atoms with Crippen molar-refractivity contribution in [3.8, 4) is 0 Å². The lowest BCUT2D eigenvalue weighted by atomic mass is 10.2. The number of unbranched alkanes of at least 4 members (excludes halogenated alkanes) is 1. The Bertz CT molecular complexity index is 433. The smallest absolute Gasteiger partial charge is 0.212 e. The SMILES string of the molecule is C=CCCCSS(=O)(=O)c1ccc(C)cc1. The van der Waals surface area contributed by atoms with E-state index in [9.17, 15) is 8.42 Å². The molecule has 0 amide bonds. The third-order valence-corrected chi connectivity index (χ3v) is 5.72. The van der Waals surface area contributed by atoms with Crippen LogP contribution < -0.4 is 0 Å². The van der Waals surface area contributed by atoms with Crippen LogP contribution in [0.5, 0.6) is 0 Å². The van der Waals surface area contributed by atoms with Gasteiger partial charge in [-0.1, -0.05) is 23.8 Å². The summed E-state index contributed by atoms with van der Waals surface area (Å²) in [5.74, 6) is 0.613. The number of benzene rings is 1. The van der Waals surface area contributed by atoms with Gasteiger partial charge < -0.3 is 0 Å². The highest BCUT2D eigenvalue weighted by Crippen LogP contribution is 2.24. The first kappa shape index (κ1) is 13.3. The van der Waals surface area contributed by atoms with E-state index < -0.39 is 8.87 Å². The number of hydrogen-bond donors (Lipinski definition) is 0. The Labute approximate surface area is 101 Å². The van der Waals surface area contributed by atoms with Crippen LogP contribution in [-0.2, 0) is 8.87 Å². The standard InChI is InChI=1S/C12H16O2S2/c1-3-4-5-10-15-16(13,14)12-8-6-11(2)7-9-12/h3,6-9H,1,4-5,10H2,2H3. The molecule has 0 fully saturated rings. The second kappa shape index (κ2) is 6.11. The molecular weight excluding hydrogens is 240 g/mol. The van der Waals surface area contributed by atoms with E-state index in [1.54, 1.807) is 18.2 Å². The fraction of sp³-hybridized carbons (Fsp3) is 0.333. The second-order valence-electron chi connectivity index (χ2n) is 3.52. The molecule has 16 heavy (non-hydrogen) atoms. The maximum atomic E-state index is 11.8. The lowest BCUT2D eigenvalue weighted by Crippen LogP contribution is -1.96. The van der Waals surface area contributed by atoms with E-state index in [1.807, 2.05) is 19.1 Å². The average Bonchev–Trinajstić information content (AvgIpc) is 2.25. The Hall–Kier alpha value is -0.740. The van der Waals surface area contributed by atoms with E-state index in [1.165, 1.54) is 0 Å². The van der Waals surface area contributed by atoms with Crippen LogP contribution >= 0.6 is 10.8 Å². The molecule has 0 bridgehead atoms. The first-order chi connectivity index (χ1) is 7.56. The monoisotopic (exact) mass is 256 g/mol. The number of allylic oxidation sites excluding steroid dienone is 1. The summed E-state index contributed by atoms with van der Waals surface area (Å²) in [6.07, 6.45) is 3.51. The molecule has 0 spiro atoms. The fourth-order valence-electron chi connectivity index (χ4n) is 1.17. The predicted molar refractivity (Wildman–Crippen MR) is 70.3 cm³/mol. The van der Waals surface area contributed by atoms with Crippen LogP contribution in [0.3, 0.4) is 0 Å². The van der Waals surface area contributed by atoms with Gasteiger partial charge in [-0.3, -0.25) is 0 Å². The summed E-state index contributed by atoms with van der Waals surface area (Å²) in [5.41, 5.74) is 1.07. The first-order valence-electron chi connectivity index (χ1n) is 5.13. The van der Waals surface area contributed by atoms with E-state index in [0.717, 1.165) is 29.2 Å². The molecule has 88 valence electrons. The van der Waals surface area contributed by atoms with E-state index in [0.29, 0.717) is 10.6 Å². The number of hydrogen-bond acceptors (Lipinski definition) is 3. The van der Waals surface area contributed by atoms with Crippen LogP contribution in [-0.4, -0.2) is 14.2 Å². The van der Waals surface area contributed by atoms with E-state index in [2.05, 4.69) is 6.58 Å². The van der Waals surface area contributed by atoms with Crippen molar-refractivity contribution < 1.29 is 8.42 Å². The molecule has 0 unspecified atom stereocenters. The molecule has 0 atom stereocenters. The van der Waals surface area contributed by atoms with Crippen molar-refractivity contribution in [1.82, 2.24) is 0 Å². The Morgan fingerprint density at radius 3 is 2.50 bits per heavy atom. The van der Waals surface area contributed by atoms with Crippen molar-refractivity contribution in [3.05, 3.63) is 42.5 Å². The zero-order valence-electron chi connectivity index (χ0n) is 9.35. The van der Waals surface area contributed by atoms with Gasteiger partial charge in [-0.05, 0) is 42.7 Å². The normalized spacial score (nSPS) is 11.3. The third-order valence-electron chi connectivity index (χ3n) is 2.10. The van der Waals surface area contributed by atoms with E-state index in [4.69, 9.17) is 0 Å². The Kier molecular flexibility index (Phi) is 5.09. The van der Waals surface area contributed by atoms with Gasteiger partial charge in [0.2, 0.25) is 8.87 Å². The summed E-state index contributed by atoms with van der Waals surface area (Å²) in [7, 11) is -2.17. The molecule has 0 aromatic heterocycles. The highest BCUT2D eigenvalue weighted by Gasteiger charge is 2.13. The summed E-state index contributed by atoms with van der Waals surface area (Å²) >= 11 is 0. The summed E-state index contributed by atoms with van der Waals surface area (Å²) in [4.78, 5) is 0.390. The fourth-order valence-corrected chi connectivity index (χ4v) is 4.03. The summed E-state index contributed by atoms with van der Waals surface area (Å²) in [6.45, 7) is 5.54. The zero-order valence-corrected chi connectivity index (χ0v) is 11.0. The highest BCUT2D eigenvalue weighted by molar-refractivity contribution is 8.72.